The van der Waals surface area contributed by atoms with Crippen LogP contribution in [0.4, 0.5) is 14.9 Å². The molecule has 1 aliphatic heterocycles. The van der Waals surface area contributed by atoms with E-state index in [9.17, 15) is 14.0 Å². The first-order valence-corrected chi connectivity index (χ1v) is 10.5. The molecule has 0 spiro atoms. The fourth-order valence-electron chi connectivity index (χ4n) is 3.69. The molecule has 0 bridgehead atoms. The summed E-state index contributed by atoms with van der Waals surface area (Å²) < 4.78 is 16.1. The molecule has 0 aliphatic carbocycles. The van der Waals surface area contributed by atoms with Crippen LogP contribution >= 0.6 is 0 Å². The highest BCUT2D eigenvalue weighted by Crippen LogP contribution is 2.22. The number of nitrogens with one attached hydrogen (secondary N) is 1. The molecule has 0 atom stereocenters. The Morgan fingerprint density at radius 2 is 1.75 bits per heavy atom. The first kappa shape index (κ1) is 21.5. The fourth-order valence-corrected chi connectivity index (χ4v) is 3.69. The molecular weight excluding hydrogens is 411 g/mol. The summed E-state index contributed by atoms with van der Waals surface area (Å²) in [6, 6.07) is 12.4. The summed E-state index contributed by atoms with van der Waals surface area (Å²) in [5.41, 5.74) is 2.92. The van der Waals surface area contributed by atoms with Crippen LogP contribution in [0, 0.1) is 5.82 Å². The molecule has 0 unspecified atom stereocenters. The number of piperazine rings is 1. The van der Waals surface area contributed by atoms with Crippen molar-refractivity contribution in [3.05, 3.63) is 77.6 Å². The number of anilines is 1. The lowest BCUT2D eigenvalue weighted by Crippen LogP contribution is -2.51. The Morgan fingerprint density at radius 3 is 2.38 bits per heavy atom. The van der Waals surface area contributed by atoms with Crippen LogP contribution in [0.15, 0.2) is 55.1 Å². The van der Waals surface area contributed by atoms with E-state index in [-0.39, 0.29) is 11.8 Å². The van der Waals surface area contributed by atoms with E-state index in [1.807, 2.05) is 29.2 Å². The average molecular weight is 436 g/mol. The van der Waals surface area contributed by atoms with E-state index in [0.717, 1.165) is 11.1 Å². The van der Waals surface area contributed by atoms with Crippen LogP contribution in [-0.4, -0.2) is 57.7 Å². The van der Waals surface area contributed by atoms with Gasteiger partial charge in [0.15, 0.2) is 5.78 Å². The molecule has 2 aromatic carbocycles. The van der Waals surface area contributed by atoms with Crippen molar-refractivity contribution < 1.29 is 14.0 Å². The summed E-state index contributed by atoms with van der Waals surface area (Å²) in [5, 5.41) is 7.04. The molecule has 4 rings (SSSR count). The second-order valence-corrected chi connectivity index (χ2v) is 7.76. The smallest absolute Gasteiger partial charge is 0.317 e. The van der Waals surface area contributed by atoms with Crippen LogP contribution < -0.4 is 10.2 Å². The van der Waals surface area contributed by atoms with Crippen molar-refractivity contribution in [2.45, 2.75) is 20.0 Å². The second-order valence-electron chi connectivity index (χ2n) is 7.76. The van der Waals surface area contributed by atoms with Gasteiger partial charge in [-0.1, -0.05) is 24.3 Å². The minimum Gasteiger partial charge on any atom is -0.366 e. The number of ketones is 1. The first-order chi connectivity index (χ1) is 15.5. The van der Waals surface area contributed by atoms with E-state index >= 15 is 0 Å². The Morgan fingerprint density at radius 1 is 1.03 bits per heavy atom. The molecule has 0 radical (unpaired) electrons. The van der Waals surface area contributed by atoms with Gasteiger partial charge in [-0.2, -0.15) is 5.10 Å². The number of nitrogens with zero attached hydrogens (tertiary/aromatic N) is 5. The first-order valence-electron chi connectivity index (χ1n) is 10.5. The van der Waals surface area contributed by atoms with Crippen molar-refractivity contribution in [1.29, 1.82) is 0 Å². The highest BCUT2D eigenvalue weighted by atomic mass is 19.1. The normalized spacial score (nSPS) is 13.8. The van der Waals surface area contributed by atoms with E-state index in [2.05, 4.69) is 15.4 Å². The van der Waals surface area contributed by atoms with E-state index in [0.29, 0.717) is 50.5 Å². The second kappa shape index (κ2) is 9.59. The van der Waals surface area contributed by atoms with Gasteiger partial charge in [-0.25, -0.2) is 18.9 Å². The van der Waals surface area contributed by atoms with Gasteiger partial charge in [0.25, 0.3) is 0 Å². The SMILES string of the molecule is CC(=O)c1ccc(N2CCN(C(=O)NCc3ccc(Cn4cncn4)cc3)CC2)c(F)c1. The number of hydrogen-bond donors (Lipinski definition) is 1. The Labute approximate surface area is 185 Å². The van der Waals surface area contributed by atoms with Crippen LogP contribution in [0.1, 0.15) is 28.4 Å². The molecule has 2 heterocycles. The lowest BCUT2D eigenvalue weighted by molar-refractivity contribution is 0.101. The number of aromatic nitrogens is 3. The number of hydrogen-bond acceptors (Lipinski definition) is 5. The van der Waals surface area contributed by atoms with Crippen LogP contribution in [0.3, 0.4) is 0 Å². The molecule has 1 fully saturated rings. The maximum Gasteiger partial charge on any atom is 0.317 e. The third kappa shape index (κ3) is 5.11. The van der Waals surface area contributed by atoms with Crippen molar-refractivity contribution >= 4 is 17.5 Å². The quantitative estimate of drug-likeness (QED) is 0.601. The largest absolute Gasteiger partial charge is 0.366 e. The standard InChI is InChI=1S/C23H25FN6O2/c1-17(31)20-6-7-22(21(24)12-20)28-8-10-29(11-9-28)23(32)26-13-18-2-4-19(5-3-18)14-30-16-25-15-27-30/h2-7,12,15-16H,8-11,13-14H2,1H3,(H,26,32). The molecule has 1 aromatic heterocycles. The van der Waals surface area contributed by atoms with Gasteiger partial charge in [0.05, 0.1) is 12.2 Å². The number of Topliss-reactive ketones (excluding diaryl/α,β-unsaturated/α-hetero) is 1. The zero-order valence-corrected chi connectivity index (χ0v) is 17.9. The lowest BCUT2D eigenvalue weighted by atomic mass is 10.1. The van der Waals surface area contributed by atoms with Gasteiger partial charge >= 0.3 is 6.03 Å². The van der Waals surface area contributed by atoms with Gasteiger partial charge in [-0.3, -0.25) is 4.79 Å². The van der Waals surface area contributed by atoms with Crippen molar-refractivity contribution in [3.8, 4) is 0 Å². The Bertz CT molecular complexity index is 1080. The molecular formula is C23H25FN6O2. The molecule has 166 valence electrons. The third-order valence-corrected chi connectivity index (χ3v) is 5.54. The van der Waals surface area contributed by atoms with Gasteiger partial charge in [-0.05, 0) is 36.2 Å². The van der Waals surface area contributed by atoms with Gasteiger partial charge in [0, 0.05) is 38.3 Å². The summed E-state index contributed by atoms with van der Waals surface area (Å²) in [6.07, 6.45) is 3.17. The Kier molecular flexibility index (Phi) is 6.44. The molecule has 0 saturated carbocycles. The summed E-state index contributed by atoms with van der Waals surface area (Å²) in [5.74, 6) is -0.579. The maximum absolute atomic E-state index is 14.4. The van der Waals surface area contributed by atoms with Gasteiger partial charge < -0.3 is 15.1 Å². The number of carbonyl (C=O) groups excluding carboxylic acids is 2. The highest BCUT2D eigenvalue weighted by molar-refractivity contribution is 5.94. The van der Waals surface area contributed by atoms with Crippen molar-refractivity contribution in [2.24, 2.45) is 0 Å². The summed E-state index contributed by atoms with van der Waals surface area (Å²) in [7, 11) is 0. The maximum atomic E-state index is 14.4. The molecule has 1 N–H and O–H groups in total. The van der Waals surface area contributed by atoms with Crippen LogP contribution in [0.5, 0.6) is 0 Å². The zero-order chi connectivity index (χ0) is 22.5. The molecule has 2 amide bonds. The molecule has 1 saturated heterocycles. The zero-order valence-electron chi connectivity index (χ0n) is 17.9. The van der Waals surface area contributed by atoms with E-state index in [4.69, 9.17) is 0 Å². The Balaban J connectivity index is 1.25. The van der Waals surface area contributed by atoms with E-state index in [1.165, 1.54) is 19.3 Å². The number of amides is 2. The number of urea groups is 1. The van der Waals surface area contributed by atoms with Crippen molar-refractivity contribution in [3.63, 3.8) is 0 Å². The molecule has 32 heavy (non-hydrogen) atoms. The average Bonchev–Trinajstić information content (AvgIpc) is 3.31. The highest BCUT2D eigenvalue weighted by Gasteiger charge is 2.23. The minimum atomic E-state index is -0.414. The minimum absolute atomic E-state index is 0.135. The monoisotopic (exact) mass is 436 g/mol. The number of benzene rings is 2. The number of rotatable bonds is 6. The predicted octanol–water partition coefficient (Wildman–Crippen LogP) is 2.70. The van der Waals surface area contributed by atoms with Gasteiger partial charge in [0.2, 0.25) is 0 Å². The fraction of sp³-hybridized carbons (Fsp3) is 0.304. The predicted molar refractivity (Wildman–Crippen MR) is 118 cm³/mol. The molecule has 3 aromatic rings. The van der Waals surface area contributed by atoms with E-state index < -0.39 is 5.82 Å². The van der Waals surface area contributed by atoms with E-state index in [1.54, 1.807) is 28.0 Å². The number of halogens is 1. The van der Waals surface area contributed by atoms with Gasteiger partial charge in [-0.15, -0.1) is 0 Å². The van der Waals surface area contributed by atoms with Crippen LogP contribution in [0.25, 0.3) is 0 Å². The van der Waals surface area contributed by atoms with Crippen LogP contribution in [0.2, 0.25) is 0 Å². The third-order valence-electron chi connectivity index (χ3n) is 5.54. The molecule has 9 heteroatoms. The van der Waals surface area contributed by atoms with Crippen LogP contribution in [-0.2, 0) is 13.1 Å². The summed E-state index contributed by atoms with van der Waals surface area (Å²) in [6.45, 7) is 4.55. The molecule has 1 aliphatic rings. The Hall–Kier alpha value is -3.75. The summed E-state index contributed by atoms with van der Waals surface area (Å²) in [4.78, 5) is 31.5. The number of carbonyl (C=O) groups is 2. The van der Waals surface area contributed by atoms with Crippen molar-refractivity contribution in [2.75, 3.05) is 31.1 Å². The lowest BCUT2D eigenvalue weighted by Gasteiger charge is -2.36. The van der Waals surface area contributed by atoms with Crippen molar-refractivity contribution in [1.82, 2.24) is 25.0 Å². The molecule has 8 nitrogen and oxygen atoms in total. The van der Waals surface area contributed by atoms with Gasteiger partial charge in [0.1, 0.15) is 18.5 Å². The topological polar surface area (TPSA) is 83.4 Å². The summed E-state index contributed by atoms with van der Waals surface area (Å²) >= 11 is 0.